The van der Waals surface area contributed by atoms with E-state index in [2.05, 4.69) is 5.32 Å². The van der Waals surface area contributed by atoms with Gasteiger partial charge in [0.1, 0.15) is 0 Å². The Morgan fingerprint density at radius 2 is 2.42 bits per heavy atom. The number of hydrogen-bond acceptors (Lipinski definition) is 3. The number of nitrogens with one attached hydrogen (secondary N) is 1. The van der Waals surface area contributed by atoms with Gasteiger partial charge >= 0.3 is 0 Å². The van der Waals surface area contributed by atoms with Crippen molar-refractivity contribution in [3.05, 3.63) is 29.0 Å². The van der Waals surface area contributed by atoms with Crippen LogP contribution in [0, 0.1) is 5.92 Å². The molecule has 1 aromatic heterocycles. The third kappa shape index (κ3) is 2.45. The topological polar surface area (TPSA) is 34.4 Å². The molecular weight excluding hydrogens is 262 g/mol. The van der Waals surface area contributed by atoms with Gasteiger partial charge in [-0.3, -0.25) is 0 Å². The smallest absolute Gasteiger partial charge is 0.177 e. The van der Waals surface area contributed by atoms with Crippen molar-refractivity contribution in [1.82, 2.24) is 5.32 Å². The first-order chi connectivity index (χ1) is 9.29. The van der Waals surface area contributed by atoms with Crippen molar-refractivity contribution in [3.8, 4) is 5.75 Å². The minimum atomic E-state index is 0.653. The zero-order valence-electron chi connectivity index (χ0n) is 11.0. The maximum absolute atomic E-state index is 6.50. The monoisotopic (exact) mass is 279 g/mol. The molecule has 0 radical (unpaired) electrons. The Morgan fingerprint density at radius 3 is 3.16 bits per heavy atom. The van der Waals surface area contributed by atoms with Gasteiger partial charge in [-0.05, 0) is 56.0 Å². The van der Waals surface area contributed by atoms with E-state index in [0.717, 1.165) is 46.8 Å². The molecule has 3 rings (SSSR count). The van der Waals surface area contributed by atoms with E-state index in [-0.39, 0.29) is 0 Å². The van der Waals surface area contributed by atoms with E-state index in [1.807, 2.05) is 12.1 Å². The Labute approximate surface area is 117 Å². The van der Waals surface area contributed by atoms with Crippen LogP contribution in [-0.4, -0.2) is 20.2 Å². The van der Waals surface area contributed by atoms with Crippen LogP contribution >= 0.6 is 11.6 Å². The minimum Gasteiger partial charge on any atom is -0.493 e. The van der Waals surface area contributed by atoms with E-state index < -0.39 is 0 Å². The lowest BCUT2D eigenvalue weighted by Gasteiger charge is -2.23. The van der Waals surface area contributed by atoms with Crippen molar-refractivity contribution >= 4 is 22.6 Å². The van der Waals surface area contributed by atoms with Gasteiger partial charge in [0.15, 0.2) is 11.3 Å². The standard InChI is InChI=1S/C15H18ClNO2/c1-18-13-8-11(7-10-3-2-5-17-9-10)14(16)12-4-6-19-15(12)13/h4,6,8,10,17H,2-3,5,7,9H2,1H3. The molecular formula is C15H18ClNO2. The maximum Gasteiger partial charge on any atom is 0.177 e. The summed E-state index contributed by atoms with van der Waals surface area (Å²) in [4.78, 5) is 0. The van der Waals surface area contributed by atoms with Crippen LogP contribution in [0.2, 0.25) is 5.02 Å². The maximum atomic E-state index is 6.50. The second-order valence-corrected chi connectivity index (χ2v) is 5.51. The fourth-order valence-electron chi connectivity index (χ4n) is 2.84. The SMILES string of the molecule is COc1cc(CC2CCCNC2)c(Cl)c2ccoc12. The number of furan rings is 1. The Morgan fingerprint density at radius 1 is 1.53 bits per heavy atom. The van der Waals surface area contributed by atoms with Gasteiger partial charge in [-0.1, -0.05) is 11.6 Å². The first kappa shape index (κ1) is 12.8. The highest BCUT2D eigenvalue weighted by molar-refractivity contribution is 6.36. The predicted octanol–water partition coefficient (Wildman–Crippen LogP) is 3.64. The Kier molecular flexibility index (Phi) is 3.67. The van der Waals surface area contributed by atoms with Gasteiger partial charge in [0, 0.05) is 5.39 Å². The van der Waals surface area contributed by atoms with Crippen LogP contribution in [-0.2, 0) is 6.42 Å². The number of halogens is 1. The van der Waals surface area contributed by atoms with Gasteiger partial charge in [0.05, 0.1) is 18.4 Å². The molecule has 1 N–H and O–H groups in total. The molecule has 0 spiro atoms. The number of methoxy groups -OCH3 is 1. The summed E-state index contributed by atoms with van der Waals surface area (Å²) in [7, 11) is 1.66. The first-order valence-corrected chi connectivity index (χ1v) is 7.10. The van der Waals surface area contributed by atoms with Crippen LogP contribution in [0.15, 0.2) is 22.8 Å². The third-order valence-electron chi connectivity index (χ3n) is 3.84. The lowest BCUT2D eigenvalue weighted by molar-refractivity contribution is 0.374. The molecule has 0 bridgehead atoms. The molecule has 102 valence electrons. The second kappa shape index (κ2) is 5.43. The van der Waals surface area contributed by atoms with E-state index in [9.17, 15) is 0 Å². The molecule has 3 nitrogen and oxygen atoms in total. The highest BCUT2D eigenvalue weighted by Crippen LogP contribution is 2.36. The van der Waals surface area contributed by atoms with Crippen molar-refractivity contribution in [2.24, 2.45) is 5.92 Å². The molecule has 0 saturated carbocycles. The third-order valence-corrected chi connectivity index (χ3v) is 4.29. The molecule has 19 heavy (non-hydrogen) atoms. The molecule has 1 aromatic carbocycles. The molecule has 4 heteroatoms. The minimum absolute atomic E-state index is 0.653. The van der Waals surface area contributed by atoms with Gasteiger partial charge in [-0.15, -0.1) is 0 Å². The molecule has 1 aliphatic heterocycles. The zero-order valence-corrected chi connectivity index (χ0v) is 11.8. The highest BCUT2D eigenvalue weighted by atomic mass is 35.5. The Hall–Kier alpha value is -1.19. The van der Waals surface area contributed by atoms with Crippen LogP contribution in [0.4, 0.5) is 0 Å². The van der Waals surface area contributed by atoms with E-state index in [4.69, 9.17) is 20.8 Å². The van der Waals surface area contributed by atoms with Crippen LogP contribution in [0.1, 0.15) is 18.4 Å². The summed E-state index contributed by atoms with van der Waals surface area (Å²) in [5.74, 6) is 1.42. The fourth-order valence-corrected chi connectivity index (χ4v) is 3.12. The van der Waals surface area contributed by atoms with Gasteiger partial charge < -0.3 is 14.5 Å². The first-order valence-electron chi connectivity index (χ1n) is 6.73. The average molecular weight is 280 g/mol. The van der Waals surface area contributed by atoms with Crippen LogP contribution < -0.4 is 10.1 Å². The second-order valence-electron chi connectivity index (χ2n) is 5.13. The number of hydrogen-bond donors (Lipinski definition) is 1. The largest absolute Gasteiger partial charge is 0.493 e. The number of ether oxygens (including phenoxy) is 1. The van der Waals surface area contributed by atoms with Gasteiger partial charge in [0.25, 0.3) is 0 Å². The van der Waals surface area contributed by atoms with E-state index in [1.54, 1.807) is 13.4 Å². The van der Waals surface area contributed by atoms with Crippen LogP contribution in [0.5, 0.6) is 5.75 Å². The summed E-state index contributed by atoms with van der Waals surface area (Å²) in [6, 6.07) is 3.92. The normalized spacial score (nSPS) is 19.8. The van der Waals surface area contributed by atoms with E-state index >= 15 is 0 Å². The molecule has 1 atom stereocenters. The van der Waals surface area contributed by atoms with Crippen molar-refractivity contribution in [1.29, 1.82) is 0 Å². The summed E-state index contributed by atoms with van der Waals surface area (Å²) in [5.41, 5.74) is 1.89. The Balaban J connectivity index is 1.95. The predicted molar refractivity (Wildman–Crippen MR) is 77.1 cm³/mol. The van der Waals surface area contributed by atoms with Crippen LogP contribution in [0.25, 0.3) is 11.0 Å². The van der Waals surface area contributed by atoms with E-state index in [1.165, 1.54) is 12.8 Å². The van der Waals surface area contributed by atoms with Crippen molar-refractivity contribution in [2.45, 2.75) is 19.3 Å². The van der Waals surface area contributed by atoms with Crippen molar-refractivity contribution in [2.75, 3.05) is 20.2 Å². The molecule has 2 aromatic rings. The number of piperidine rings is 1. The lowest BCUT2D eigenvalue weighted by atomic mass is 9.92. The zero-order chi connectivity index (χ0) is 13.2. The quantitative estimate of drug-likeness (QED) is 0.931. The number of fused-ring (bicyclic) bond motifs is 1. The summed E-state index contributed by atoms with van der Waals surface area (Å²) >= 11 is 6.50. The molecule has 1 saturated heterocycles. The number of rotatable bonds is 3. The van der Waals surface area contributed by atoms with E-state index in [0.29, 0.717) is 5.92 Å². The lowest BCUT2D eigenvalue weighted by Crippen LogP contribution is -2.30. The summed E-state index contributed by atoms with van der Waals surface area (Å²) in [5, 5.41) is 5.19. The van der Waals surface area contributed by atoms with Crippen LogP contribution in [0.3, 0.4) is 0 Å². The number of benzene rings is 1. The van der Waals surface area contributed by atoms with Gasteiger partial charge in [-0.25, -0.2) is 0 Å². The molecule has 0 aliphatic carbocycles. The van der Waals surface area contributed by atoms with Crippen molar-refractivity contribution in [3.63, 3.8) is 0 Å². The average Bonchev–Trinajstić information content (AvgIpc) is 2.93. The summed E-state index contributed by atoms with van der Waals surface area (Å²) in [6.45, 7) is 2.20. The highest BCUT2D eigenvalue weighted by Gasteiger charge is 2.19. The summed E-state index contributed by atoms with van der Waals surface area (Å²) < 4.78 is 10.8. The molecule has 1 unspecified atom stereocenters. The Bertz CT molecular complexity index is 573. The molecule has 1 fully saturated rings. The molecule has 1 aliphatic rings. The fraction of sp³-hybridized carbons (Fsp3) is 0.467. The molecule has 2 heterocycles. The van der Waals surface area contributed by atoms with Gasteiger partial charge in [-0.2, -0.15) is 0 Å². The van der Waals surface area contributed by atoms with Gasteiger partial charge in [0.2, 0.25) is 0 Å². The summed E-state index contributed by atoms with van der Waals surface area (Å²) in [6.07, 6.45) is 5.15. The van der Waals surface area contributed by atoms with Crippen molar-refractivity contribution < 1.29 is 9.15 Å². The molecule has 0 amide bonds.